The first-order chi connectivity index (χ1) is 8.04. The van der Waals surface area contributed by atoms with E-state index in [0.717, 1.165) is 22.3 Å². The third-order valence-electron chi connectivity index (χ3n) is 3.12. The fourth-order valence-electron chi connectivity index (χ4n) is 1.50. The summed E-state index contributed by atoms with van der Waals surface area (Å²) in [6, 6.07) is 0.595. The Balaban J connectivity index is 2.42. The Morgan fingerprint density at radius 1 is 1.18 bits per heavy atom. The third kappa shape index (κ3) is 4.64. The molecular formula is C13H23N3S. The van der Waals surface area contributed by atoms with Crippen molar-refractivity contribution in [1.82, 2.24) is 15.3 Å². The molecule has 17 heavy (non-hydrogen) atoms. The molecule has 1 aromatic rings. The number of hydrogen-bond acceptors (Lipinski definition) is 4. The van der Waals surface area contributed by atoms with Crippen LogP contribution in [-0.2, 0) is 0 Å². The van der Waals surface area contributed by atoms with Crippen molar-refractivity contribution in [3.8, 4) is 0 Å². The molecule has 0 bridgehead atoms. The van der Waals surface area contributed by atoms with Crippen molar-refractivity contribution in [1.29, 1.82) is 0 Å². The molecule has 1 atom stereocenters. The summed E-state index contributed by atoms with van der Waals surface area (Å²) in [6.07, 6.45) is 2.40. The Morgan fingerprint density at radius 3 is 2.29 bits per heavy atom. The molecule has 0 spiro atoms. The second-order valence-electron chi connectivity index (χ2n) is 4.48. The zero-order valence-electron chi connectivity index (χ0n) is 11.5. The molecule has 0 radical (unpaired) electrons. The molecule has 1 unspecified atom stereocenters. The van der Waals surface area contributed by atoms with Crippen LogP contribution >= 0.6 is 11.8 Å². The maximum Gasteiger partial charge on any atom is 0.187 e. The molecule has 0 fully saturated rings. The predicted octanol–water partition coefficient (Wildman–Crippen LogP) is 2.88. The molecule has 0 saturated carbocycles. The molecule has 0 aliphatic heterocycles. The highest BCUT2D eigenvalue weighted by molar-refractivity contribution is 7.99. The Labute approximate surface area is 109 Å². The van der Waals surface area contributed by atoms with E-state index in [0.29, 0.717) is 6.04 Å². The van der Waals surface area contributed by atoms with Crippen LogP contribution in [0.3, 0.4) is 0 Å². The molecule has 0 amide bonds. The Bertz CT molecular complexity index is 343. The second-order valence-corrected chi connectivity index (χ2v) is 5.54. The molecule has 0 aliphatic carbocycles. The zero-order valence-corrected chi connectivity index (χ0v) is 12.3. The van der Waals surface area contributed by atoms with E-state index in [1.807, 2.05) is 7.05 Å². The molecule has 4 heteroatoms. The largest absolute Gasteiger partial charge is 0.317 e. The highest BCUT2D eigenvalue weighted by Gasteiger charge is 2.05. The van der Waals surface area contributed by atoms with Crippen LogP contribution in [0, 0.1) is 20.8 Å². The molecule has 1 rings (SSSR count). The van der Waals surface area contributed by atoms with Gasteiger partial charge >= 0.3 is 0 Å². The molecule has 1 aromatic heterocycles. The monoisotopic (exact) mass is 253 g/mol. The molecule has 1 heterocycles. The summed E-state index contributed by atoms with van der Waals surface area (Å²) >= 11 is 1.76. The van der Waals surface area contributed by atoms with Gasteiger partial charge in [-0.15, -0.1) is 0 Å². The number of aromatic nitrogens is 2. The lowest BCUT2D eigenvalue weighted by Gasteiger charge is -2.09. The SMILES string of the molecule is CNC(C)CCCSc1nc(C)c(C)c(C)n1. The maximum absolute atomic E-state index is 4.51. The first kappa shape index (κ1) is 14.5. The molecule has 0 aromatic carbocycles. The lowest BCUT2D eigenvalue weighted by atomic mass is 10.2. The van der Waals surface area contributed by atoms with Crippen molar-refractivity contribution >= 4 is 11.8 Å². The van der Waals surface area contributed by atoms with Crippen LogP contribution in [0.4, 0.5) is 0 Å². The summed E-state index contributed by atoms with van der Waals surface area (Å²) in [7, 11) is 2.01. The number of nitrogens with zero attached hydrogens (tertiary/aromatic N) is 2. The minimum Gasteiger partial charge on any atom is -0.317 e. The van der Waals surface area contributed by atoms with E-state index in [1.165, 1.54) is 18.4 Å². The number of nitrogens with one attached hydrogen (secondary N) is 1. The van der Waals surface area contributed by atoms with Gasteiger partial charge in [0.05, 0.1) is 0 Å². The molecule has 0 aliphatic rings. The van der Waals surface area contributed by atoms with Crippen molar-refractivity contribution in [3.05, 3.63) is 17.0 Å². The second kappa shape index (κ2) is 6.97. The van der Waals surface area contributed by atoms with Crippen LogP contribution in [0.15, 0.2) is 5.16 Å². The van der Waals surface area contributed by atoms with E-state index in [1.54, 1.807) is 11.8 Å². The van der Waals surface area contributed by atoms with Gasteiger partial charge < -0.3 is 5.32 Å². The van der Waals surface area contributed by atoms with E-state index < -0.39 is 0 Å². The minimum absolute atomic E-state index is 0.595. The summed E-state index contributed by atoms with van der Waals surface area (Å²) in [5.41, 5.74) is 3.41. The van der Waals surface area contributed by atoms with Crippen LogP contribution < -0.4 is 5.32 Å². The fraction of sp³-hybridized carbons (Fsp3) is 0.692. The summed E-state index contributed by atoms with van der Waals surface area (Å²) in [4.78, 5) is 9.01. The van der Waals surface area contributed by atoms with Gasteiger partial charge in [-0.2, -0.15) is 0 Å². The van der Waals surface area contributed by atoms with E-state index >= 15 is 0 Å². The quantitative estimate of drug-likeness (QED) is 0.480. The highest BCUT2D eigenvalue weighted by Crippen LogP contribution is 2.18. The first-order valence-corrected chi connectivity index (χ1v) is 7.15. The van der Waals surface area contributed by atoms with Gasteiger partial charge in [0, 0.05) is 23.2 Å². The normalized spacial score (nSPS) is 12.8. The van der Waals surface area contributed by atoms with Crippen LogP contribution in [0.2, 0.25) is 0 Å². The fourth-order valence-corrected chi connectivity index (χ4v) is 2.40. The van der Waals surface area contributed by atoms with E-state index in [2.05, 4.69) is 43.0 Å². The molecule has 96 valence electrons. The Morgan fingerprint density at radius 2 is 1.76 bits per heavy atom. The molecular weight excluding hydrogens is 230 g/mol. The van der Waals surface area contributed by atoms with Crippen LogP contribution in [0.25, 0.3) is 0 Å². The average Bonchev–Trinajstić information content (AvgIpc) is 2.31. The lowest BCUT2D eigenvalue weighted by Crippen LogP contribution is -2.20. The summed E-state index contributed by atoms with van der Waals surface area (Å²) < 4.78 is 0. The lowest BCUT2D eigenvalue weighted by molar-refractivity contribution is 0.559. The number of thioether (sulfide) groups is 1. The molecule has 1 N–H and O–H groups in total. The molecule has 0 saturated heterocycles. The van der Waals surface area contributed by atoms with Gasteiger partial charge in [0.2, 0.25) is 0 Å². The minimum atomic E-state index is 0.595. The number of rotatable bonds is 6. The van der Waals surface area contributed by atoms with Crippen molar-refractivity contribution in [2.24, 2.45) is 0 Å². The summed E-state index contributed by atoms with van der Waals surface area (Å²) in [6.45, 7) is 8.39. The van der Waals surface area contributed by atoms with Crippen LogP contribution in [0.1, 0.15) is 36.7 Å². The van der Waals surface area contributed by atoms with Crippen molar-refractivity contribution in [3.63, 3.8) is 0 Å². The average molecular weight is 253 g/mol. The summed E-state index contributed by atoms with van der Waals surface area (Å²) in [5.74, 6) is 1.09. The number of hydrogen-bond donors (Lipinski definition) is 1. The molecule has 3 nitrogen and oxygen atoms in total. The third-order valence-corrected chi connectivity index (χ3v) is 4.05. The van der Waals surface area contributed by atoms with Gasteiger partial charge in [-0.1, -0.05) is 11.8 Å². The van der Waals surface area contributed by atoms with Gasteiger partial charge in [0.1, 0.15) is 0 Å². The Kier molecular flexibility index (Phi) is 5.92. The Hall–Kier alpha value is -0.610. The summed E-state index contributed by atoms with van der Waals surface area (Å²) in [5, 5.41) is 4.17. The smallest absolute Gasteiger partial charge is 0.187 e. The van der Waals surface area contributed by atoms with Gasteiger partial charge in [-0.25, -0.2) is 9.97 Å². The van der Waals surface area contributed by atoms with E-state index in [-0.39, 0.29) is 0 Å². The topological polar surface area (TPSA) is 37.8 Å². The highest BCUT2D eigenvalue weighted by atomic mass is 32.2. The number of aryl methyl sites for hydroxylation is 2. The van der Waals surface area contributed by atoms with Crippen LogP contribution in [0.5, 0.6) is 0 Å². The van der Waals surface area contributed by atoms with Gasteiger partial charge in [-0.3, -0.25) is 0 Å². The van der Waals surface area contributed by atoms with Crippen molar-refractivity contribution in [2.45, 2.75) is 51.7 Å². The van der Waals surface area contributed by atoms with Crippen LogP contribution in [-0.4, -0.2) is 28.8 Å². The van der Waals surface area contributed by atoms with E-state index in [4.69, 9.17) is 0 Å². The van der Waals surface area contributed by atoms with Crippen molar-refractivity contribution < 1.29 is 0 Å². The van der Waals surface area contributed by atoms with Gasteiger partial charge in [0.25, 0.3) is 0 Å². The van der Waals surface area contributed by atoms with E-state index in [9.17, 15) is 0 Å². The maximum atomic E-state index is 4.51. The first-order valence-electron chi connectivity index (χ1n) is 6.16. The zero-order chi connectivity index (χ0) is 12.8. The van der Waals surface area contributed by atoms with Crippen molar-refractivity contribution in [2.75, 3.05) is 12.8 Å². The van der Waals surface area contributed by atoms with Gasteiger partial charge in [-0.05, 0) is 53.1 Å². The standard InChI is InChI=1S/C13H23N3S/c1-9(14-5)7-6-8-17-13-15-11(3)10(2)12(4)16-13/h9,14H,6-8H2,1-5H3. The predicted molar refractivity (Wildman–Crippen MR) is 74.7 cm³/mol. The van der Waals surface area contributed by atoms with Gasteiger partial charge in [0.15, 0.2) is 5.16 Å².